The fourth-order valence-corrected chi connectivity index (χ4v) is 6.78. The van der Waals surface area contributed by atoms with Crippen LogP contribution < -0.4 is 5.32 Å². The summed E-state index contributed by atoms with van der Waals surface area (Å²) in [4.78, 5) is 15.5. The molecule has 2 aromatic carbocycles. The van der Waals surface area contributed by atoms with Crippen molar-refractivity contribution in [1.29, 1.82) is 0 Å². The largest absolute Gasteiger partial charge is 0.322 e. The summed E-state index contributed by atoms with van der Waals surface area (Å²) in [5, 5.41) is 2.97. The van der Waals surface area contributed by atoms with E-state index in [0.29, 0.717) is 24.6 Å². The molecule has 2 aliphatic rings. The maximum Gasteiger partial charge on any atom is 0.255 e. The van der Waals surface area contributed by atoms with Gasteiger partial charge in [-0.2, -0.15) is 16.1 Å². The Labute approximate surface area is 201 Å². The second-order valence-electron chi connectivity index (χ2n) is 9.10. The molecule has 0 saturated carbocycles. The number of rotatable bonds is 6. The minimum Gasteiger partial charge on any atom is -0.322 e. The summed E-state index contributed by atoms with van der Waals surface area (Å²) in [6, 6.07) is 12.4. The van der Waals surface area contributed by atoms with Gasteiger partial charge in [-0.1, -0.05) is 19.1 Å². The van der Waals surface area contributed by atoms with Crippen molar-refractivity contribution in [3.8, 4) is 0 Å². The number of amides is 1. The molecule has 1 N–H and O–H groups in total. The molecule has 8 heteroatoms. The SMILES string of the molecule is Cc1cc(CN2CCSCC2)ccc1NC(=O)c1ccc(S(=O)(=O)N2CCC(C)CC2)cc1. The van der Waals surface area contributed by atoms with Gasteiger partial charge in [-0.05, 0) is 67.1 Å². The zero-order valence-electron chi connectivity index (χ0n) is 19.4. The summed E-state index contributed by atoms with van der Waals surface area (Å²) in [6.07, 6.45) is 1.77. The van der Waals surface area contributed by atoms with Gasteiger partial charge >= 0.3 is 0 Å². The molecule has 178 valence electrons. The quantitative estimate of drug-likeness (QED) is 0.661. The summed E-state index contributed by atoms with van der Waals surface area (Å²) in [5.74, 6) is 2.69. The fourth-order valence-electron chi connectivity index (χ4n) is 4.33. The molecule has 2 heterocycles. The van der Waals surface area contributed by atoms with Crippen molar-refractivity contribution >= 4 is 33.4 Å². The van der Waals surface area contributed by atoms with E-state index in [-0.39, 0.29) is 10.8 Å². The summed E-state index contributed by atoms with van der Waals surface area (Å²) in [5.41, 5.74) is 3.48. The molecule has 0 bridgehead atoms. The molecule has 6 nitrogen and oxygen atoms in total. The van der Waals surface area contributed by atoms with Crippen molar-refractivity contribution in [2.75, 3.05) is 43.0 Å². The van der Waals surface area contributed by atoms with Crippen molar-refractivity contribution < 1.29 is 13.2 Å². The van der Waals surface area contributed by atoms with Crippen LogP contribution in [0.2, 0.25) is 0 Å². The van der Waals surface area contributed by atoms with Gasteiger partial charge in [0.2, 0.25) is 10.0 Å². The first-order valence-electron chi connectivity index (χ1n) is 11.6. The molecule has 33 heavy (non-hydrogen) atoms. The number of anilines is 1. The summed E-state index contributed by atoms with van der Waals surface area (Å²) in [6.45, 7) is 8.42. The Kier molecular flexibility index (Phi) is 7.79. The van der Waals surface area contributed by atoms with Crippen LogP contribution in [0.5, 0.6) is 0 Å². The van der Waals surface area contributed by atoms with Gasteiger partial charge < -0.3 is 5.32 Å². The molecule has 1 amide bonds. The van der Waals surface area contributed by atoms with E-state index in [4.69, 9.17) is 0 Å². The molecule has 2 aromatic rings. The van der Waals surface area contributed by atoms with Crippen molar-refractivity contribution in [3.05, 3.63) is 59.2 Å². The molecule has 0 aromatic heterocycles. The van der Waals surface area contributed by atoms with Crippen LogP contribution in [0.15, 0.2) is 47.4 Å². The van der Waals surface area contributed by atoms with E-state index in [1.165, 1.54) is 29.2 Å². The Morgan fingerprint density at radius 3 is 2.33 bits per heavy atom. The highest BCUT2D eigenvalue weighted by atomic mass is 32.2. The fraction of sp³-hybridized carbons (Fsp3) is 0.480. The molecular formula is C25H33N3O3S2. The molecule has 2 saturated heterocycles. The Morgan fingerprint density at radius 2 is 1.70 bits per heavy atom. The first-order valence-corrected chi connectivity index (χ1v) is 14.2. The van der Waals surface area contributed by atoms with Crippen molar-refractivity contribution in [3.63, 3.8) is 0 Å². The maximum atomic E-state index is 12.9. The molecule has 0 radical (unpaired) electrons. The number of aryl methyl sites for hydroxylation is 1. The first kappa shape index (κ1) is 24.3. The van der Waals surface area contributed by atoms with Crippen molar-refractivity contribution in [1.82, 2.24) is 9.21 Å². The van der Waals surface area contributed by atoms with E-state index in [1.54, 1.807) is 16.4 Å². The lowest BCUT2D eigenvalue weighted by molar-refractivity contribution is 0.102. The average Bonchev–Trinajstić information content (AvgIpc) is 2.82. The van der Waals surface area contributed by atoms with E-state index in [9.17, 15) is 13.2 Å². The predicted octanol–water partition coefficient (Wildman–Crippen LogP) is 4.22. The second-order valence-corrected chi connectivity index (χ2v) is 12.3. The third-order valence-electron chi connectivity index (χ3n) is 6.55. The second kappa shape index (κ2) is 10.6. The number of hydrogen-bond donors (Lipinski definition) is 1. The van der Waals surface area contributed by atoms with Gasteiger partial charge in [-0.15, -0.1) is 0 Å². The smallest absolute Gasteiger partial charge is 0.255 e. The van der Waals surface area contributed by atoms with Gasteiger partial charge in [0.05, 0.1) is 4.90 Å². The molecule has 0 aliphatic carbocycles. The Bertz CT molecular complexity index is 1070. The van der Waals surface area contributed by atoms with Crippen LogP contribution >= 0.6 is 11.8 Å². The van der Waals surface area contributed by atoms with Crippen LogP contribution in [-0.4, -0.2) is 61.2 Å². The Balaban J connectivity index is 1.39. The van der Waals surface area contributed by atoms with Gasteiger partial charge in [0.25, 0.3) is 5.91 Å². The average molecular weight is 488 g/mol. The number of carbonyl (C=O) groups excluding carboxylic acids is 1. The normalized spacial score (nSPS) is 18.8. The molecule has 2 aliphatic heterocycles. The van der Waals surface area contributed by atoms with E-state index in [2.05, 4.69) is 29.3 Å². The highest BCUT2D eigenvalue weighted by Crippen LogP contribution is 2.24. The molecule has 0 atom stereocenters. The predicted molar refractivity (Wildman–Crippen MR) is 135 cm³/mol. The number of nitrogens with one attached hydrogen (secondary N) is 1. The number of thioether (sulfide) groups is 1. The number of hydrogen-bond acceptors (Lipinski definition) is 5. The van der Waals surface area contributed by atoms with Gasteiger partial charge in [0, 0.05) is 55.5 Å². The standard InChI is InChI=1S/C25H33N3O3S2/c1-19-9-11-28(12-10-19)33(30,31)23-6-4-22(5-7-23)25(29)26-24-8-3-21(17-20(24)2)18-27-13-15-32-16-14-27/h3-8,17,19H,9-16,18H2,1-2H3,(H,26,29). The van der Waals surface area contributed by atoms with E-state index in [1.807, 2.05) is 24.8 Å². The topological polar surface area (TPSA) is 69.7 Å². The van der Waals surface area contributed by atoms with Crippen molar-refractivity contribution in [2.45, 2.75) is 38.1 Å². The van der Waals surface area contributed by atoms with Crippen LogP contribution in [0.4, 0.5) is 5.69 Å². The lowest BCUT2D eigenvalue weighted by atomic mass is 10.0. The van der Waals surface area contributed by atoms with E-state index < -0.39 is 10.0 Å². The zero-order valence-corrected chi connectivity index (χ0v) is 21.1. The van der Waals surface area contributed by atoms with Gasteiger partial charge in [-0.3, -0.25) is 9.69 Å². The molecule has 4 rings (SSSR count). The first-order chi connectivity index (χ1) is 15.8. The molecule has 0 spiro atoms. The lowest BCUT2D eigenvalue weighted by Gasteiger charge is -2.29. The van der Waals surface area contributed by atoms with E-state index >= 15 is 0 Å². The molecule has 0 unspecified atom stereocenters. The number of nitrogens with zero attached hydrogens (tertiary/aromatic N) is 2. The number of piperidine rings is 1. The highest BCUT2D eigenvalue weighted by molar-refractivity contribution is 7.99. The van der Waals surface area contributed by atoms with Crippen LogP contribution in [0, 0.1) is 12.8 Å². The summed E-state index contributed by atoms with van der Waals surface area (Å²) >= 11 is 2.00. The van der Waals surface area contributed by atoms with Crippen LogP contribution in [0.25, 0.3) is 0 Å². The minimum atomic E-state index is -3.51. The number of carbonyl (C=O) groups is 1. The lowest BCUT2D eigenvalue weighted by Crippen LogP contribution is -2.37. The Morgan fingerprint density at radius 1 is 1.03 bits per heavy atom. The minimum absolute atomic E-state index is 0.241. The molecular weight excluding hydrogens is 454 g/mol. The van der Waals surface area contributed by atoms with Gasteiger partial charge in [0.1, 0.15) is 0 Å². The van der Waals surface area contributed by atoms with Gasteiger partial charge in [-0.25, -0.2) is 8.42 Å². The van der Waals surface area contributed by atoms with Crippen LogP contribution in [-0.2, 0) is 16.6 Å². The van der Waals surface area contributed by atoms with Crippen molar-refractivity contribution in [2.24, 2.45) is 5.92 Å². The maximum absolute atomic E-state index is 12.9. The van der Waals surface area contributed by atoms with Crippen LogP contribution in [0.3, 0.4) is 0 Å². The van der Waals surface area contributed by atoms with Crippen LogP contribution in [0.1, 0.15) is 41.3 Å². The Hall–Kier alpha value is -1.87. The zero-order chi connectivity index (χ0) is 23.4. The third kappa shape index (κ3) is 5.98. The van der Waals surface area contributed by atoms with Gasteiger partial charge in [0.15, 0.2) is 0 Å². The summed E-state index contributed by atoms with van der Waals surface area (Å²) in [7, 11) is -3.51. The monoisotopic (exact) mass is 487 g/mol. The number of sulfonamides is 1. The number of benzene rings is 2. The van der Waals surface area contributed by atoms with E-state index in [0.717, 1.165) is 43.7 Å². The highest BCUT2D eigenvalue weighted by Gasteiger charge is 2.28. The molecule has 2 fully saturated rings. The summed E-state index contributed by atoms with van der Waals surface area (Å²) < 4.78 is 27.4. The third-order valence-corrected chi connectivity index (χ3v) is 9.40.